The first-order chi connectivity index (χ1) is 45.1. The predicted octanol–water partition coefficient (Wildman–Crippen LogP) is 9.87. The average molecular weight is 1370 g/mol. The number of hydrogen-bond acceptors (Lipinski definition) is 16. The fourth-order valence-electron chi connectivity index (χ4n) is 10.2. The standard InChI is InChI=1S/C24H43N3O4Si.C21H33N3O4.C11H19NO2.C6H11NO.C4H6O.C3H7N.C3H10Si/c1-32(2,3)20-10-15-25(18-13-23(30)26-16-8-4-6-11-21(26)28)19-14-24(31)27-17-9-5-7-12-22(27)29;1-2-13-22(16-11-20(27)23-14-7-3-5-9-18(23)25)17-12-21(28)24-15-8-4-6-10-19(24)26;1-4-7-12(8-5-10(2)13)9-6-11(3)14;8-6-4-2-1-3-5-7-6;1-3-4(2)5;1-2-3-4;1-4(2)3/h4-20H2,1-3H3;2H,1,3-17H2;4H,1,5-9H2,2-3H3;1-5H2,(H,7,8);3H,1H2,2H3;2H,1,3-4H2;4H,1-3H3. The first kappa shape index (κ1) is 91.3. The van der Waals surface area contributed by atoms with Crippen LogP contribution in [-0.4, -0.2) is 220 Å². The Labute approximate surface area is 575 Å². The summed E-state index contributed by atoms with van der Waals surface area (Å²) in [5.41, 5.74) is 4.91. The number of imide groups is 4. The molecule has 0 bridgehead atoms. The molecule has 0 spiro atoms. The molecular weight excluding hydrogens is 1240 g/mol. The summed E-state index contributed by atoms with van der Waals surface area (Å²) in [6.07, 6.45) is 26.6. The molecule has 5 fully saturated rings. The summed E-state index contributed by atoms with van der Waals surface area (Å²) in [5.74, 6) is -0.121. The Morgan fingerprint density at radius 1 is 0.453 bits per heavy atom. The first-order valence-corrected chi connectivity index (χ1v) is 42.7. The molecule has 5 aliphatic rings. The maximum Gasteiger partial charge on any atom is 0.230 e. The topological polar surface area (TPSA) is 266 Å². The van der Waals surface area contributed by atoms with Gasteiger partial charge >= 0.3 is 0 Å². The smallest absolute Gasteiger partial charge is 0.230 e. The van der Waals surface area contributed by atoms with E-state index in [1.807, 2.05) is 4.90 Å². The SMILES string of the molecule is C=CC(C)=O.C=CCN.C=CCN(CCC(=O)N1CCCCCC1=O)CCC(=O)N1CCCCCC1=O.C=CCN(CCC(C)=O)CCC(C)=O.C[SiH](C)C.C[Si](C)(C)CCCN(CCC(=O)N1CCCCCC1=O)CCC(=O)N1CCCCCC1=O.O=C1CCCCCN1. The normalized spacial score (nSPS) is 16.1. The molecule has 23 heteroatoms. The summed E-state index contributed by atoms with van der Waals surface area (Å²) in [7, 11) is -1.30. The Morgan fingerprint density at radius 2 is 0.737 bits per heavy atom. The molecule has 0 atom stereocenters. The van der Waals surface area contributed by atoms with Crippen LogP contribution in [0.1, 0.15) is 194 Å². The van der Waals surface area contributed by atoms with Crippen molar-refractivity contribution in [3.63, 3.8) is 0 Å². The van der Waals surface area contributed by atoms with Crippen molar-refractivity contribution in [3.8, 4) is 0 Å². The van der Waals surface area contributed by atoms with Gasteiger partial charge in [0, 0.05) is 179 Å². The number of carbonyl (C=O) groups excluding carboxylic acids is 12. The van der Waals surface area contributed by atoms with Crippen molar-refractivity contribution in [1.82, 2.24) is 39.6 Å². The molecule has 21 nitrogen and oxygen atoms in total. The van der Waals surface area contributed by atoms with Crippen molar-refractivity contribution in [2.45, 2.75) is 239 Å². The number of ketones is 3. The number of likely N-dealkylation sites (tertiary alicyclic amines) is 4. The number of hydrogen-bond donors (Lipinski definition) is 2. The third-order valence-corrected chi connectivity index (χ3v) is 17.5. The van der Waals surface area contributed by atoms with Gasteiger partial charge in [0.1, 0.15) is 11.6 Å². The van der Waals surface area contributed by atoms with Gasteiger partial charge in [-0.05, 0) is 104 Å². The van der Waals surface area contributed by atoms with Gasteiger partial charge in [-0.1, -0.05) is 102 Å². The van der Waals surface area contributed by atoms with E-state index in [9.17, 15) is 57.5 Å². The van der Waals surface area contributed by atoms with Gasteiger partial charge in [0.25, 0.3) is 0 Å². The van der Waals surface area contributed by atoms with Crippen molar-refractivity contribution in [1.29, 1.82) is 0 Å². The minimum Gasteiger partial charge on any atom is -0.356 e. The highest BCUT2D eigenvalue weighted by molar-refractivity contribution is 6.76. The van der Waals surface area contributed by atoms with Crippen LogP contribution < -0.4 is 11.1 Å². The molecule has 0 aromatic carbocycles. The minimum absolute atomic E-state index is 0.0185. The molecule has 3 N–H and O–H groups in total. The van der Waals surface area contributed by atoms with E-state index in [-0.39, 0.29) is 92.2 Å². The Kier molecular flexibility index (Phi) is 55.1. The molecule has 9 amide bonds. The van der Waals surface area contributed by atoms with Crippen LogP contribution in [0, 0.1) is 0 Å². The highest BCUT2D eigenvalue weighted by Gasteiger charge is 2.28. The number of carbonyl (C=O) groups is 12. The second kappa shape index (κ2) is 57.4. The molecule has 0 aromatic heterocycles. The molecule has 0 aliphatic carbocycles. The van der Waals surface area contributed by atoms with E-state index in [2.05, 4.69) is 80.7 Å². The van der Waals surface area contributed by atoms with Gasteiger partial charge in [-0.25, -0.2) is 0 Å². The van der Waals surface area contributed by atoms with Crippen LogP contribution in [0.4, 0.5) is 0 Å². The molecule has 0 radical (unpaired) electrons. The fourth-order valence-corrected chi connectivity index (χ4v) is 11.4. The zero-order chi connectivity index (χ0) is 72.0. The Bertz CT molecular complexity index is 2220. The summed E-state index contributed by atoms with van der Waals surface area (Å²) in [6, 6.07) is 1.20. The molecule has 5 saturated heterocycles. The summed E-state index contributed by atoms with van der Waals surface area (Å²) in [5, 5.41) is 2.81. The van der Waals surface area contributed by atoms with Crippen molar-refractivity contribution < 1.29 is 57.5 Å². The average Bonchev–Trinajstić information content (AvgIpc) is 2.69. The number of rotatable bonds is 28. The van der Waals surface area contributed by atoms with Crippen LogP contribution in [-0.2, 0) is 57.5 Å². The number of amides is 9. The van der Waals surface area contributed by atoms with Crippen molar-refractivity contribution in [3.05, 3.63) is 50.6 Å². The van der Waals surface area contributed by atoms with Gasteiger partial charge < -0.3 is 16.0 Å². The largest absolute Gasteiger partial charge is 0.356 e. The van der Waals surface area contributed by atoms with Gasteiger partial charge in [-0.3, -0.25) is 86.9 Å². The van der Waals surface area contributed by atoms with E-state index in [1.54, 1.807) is 32.1 Å². The minimum atomic E-state index is -1.16. The number of nitrogens with one attached hydrogen (secondary N) is 1. The summed E-state index contributed by atoms with van der Waals surface area (Å²) in [4.78, 5) is 153. The van der Waals surface area contributed by atoms with E-state index in [1.165, 1.54) is 45.1 Å². The second-order valence-electron chi connectivity index (χ2n) is 26.8. The van der Waals surface area contributed by atoms with Gasteiger partial charge in [-0.2, -0.15) is 0 Å². The van der Waals surface area contributed by atoms with Crippen molar-refractivity contribution >= 4 is 87.4 Å². The molecule has 542 valence electrons. The van der Waals surface area contributed by atoms with Crippen molar-refractivity contribution in [2.24, 2.45) is 5.73 Å². The zero-order valence-corrected chi connectivity index (χ0v) is 62.9. The van der Waals surface area contributed by atoms with Crippen LogP contribution in [0.25, 0.3) is 0 Å². The van der Waals surface area contributed by atoms with E-state index in [4.69, 9.17) is 5.73 Å². The van der Waals surface area contributed by atoms with E-state index in [0.29, 0.717) is 130 Å². The Hall–Kier alpha value is -5.73. The summed E-state index contributed by atoms with van der Waals surface area (Å²) < 4.78 is 0. The maximum absolute atomic E-state index is 12.7. The van der Waals surface area contributed by atoms with Crippen molar-refractivity contribution in [2.75, 3.05) is 98.2 Å². The van der Waals surface area contributed by atoms with E-state index < -0.39 is 8.07 Å². The lowest BCUT2D eigenvalue weighted by atomic mass is 10.2. The molecule has 5 rings (SSSR count). The Morgan fingerprint density at radius 3 is 1.01 bits per heavy atom. The zero-order valence-electron chi connectivity index (χ0n) is 60.7. The highest BCUT2D eigenvalue weighted by atomic mass is 28.3. The molecule has 95 heavy (non-hydrogen) atoms. The third kappa shape index (κ3) is 51.2. The van der Waals surface area contributed by atoms with Crippen LogP contribution in [0.15, 0.2) is 50.6 Å². The van der Waals surface area contributed by atoms with E-state index >= 15 is 0 Å². The highest BCUT2D eigenvalue weighted by Crippen LogP contribution is 2.18. The van der Waals surface area contributed by atoms with Crippen LogP contribution >= 0.6 is 0 Å². The molecule has 5 heterocycles. The van der Waals surface area contributed by atoms with E-state index in [0.717, 1.165) is 122 Å². The number of Topliss-reactive ketones (excluding diaryl/α,β-unsaturated/α-hetero) is 2. The second-order valence-corrected chi connectivity index (χ2v) is 35.9. The maximum atomic E-state index is 12.7. The van der Waals surface area contributed by atoms with Crippen LogP contribution in [0.5, 0.6) is 0 Å². The molecule has 0 saturated carbocycles. The predicted molar refractivity (Wildman–Crippen MR) is 389 cm³/mol. The lowest BCUT2D eigenvalue weighted by molar-refractivity contribution is -0.146. The summed E-state index contributed by atoms with van der Waals surface area (Å²) in [6.45, 7) is 41.7. The van der Waals surface area contributed by atoms with Gasteiger partial charge in [0.05, 0.1) is 0 Å². The summed E-state index contributed by atoms with van der Waals surface area (Å²) >= 11 is 0. The molecule has 0 unspecified atom stereocenters. The molecular formula is C72H129N9O12Si2. The Balaban J connectivity index is 0. The van der Waals surface area contributed by atoms with Gasteiger partial charge in [-0.15, -0.1) is 19.7 Å². The van der Waals surface area contributed by atoms with Gasteiger partial charge in [0.15, 0.2) is 5.78 Å². The number of allylic oxidation sites excluding steroid dienone is 1. The van der Waals surface area contributed by atoms with Crippen LogP contribution in [0.2, 0.25) is 45.3 Å². The lowest BCUT2D eigenvalue weighted by Crippen LogP contribution is -2.41. The molecule has 5 aliphatic heterocycles. The quantitative estimate of drug-likeness (QED) is 0.0419. The molecule has 0 aromatic rings. The lowest BCUT2D eigenvalue weighted by Gasteiger charge is -2.26. The van der Waals surface area contributed by atoms with Gasteiger partial charge in [0.2, 0.25) is 53.2 Å². The first-order valence-electron chi connectivity index (χ1n) is 35.5. The number of nitrogens with two attached hydrogens (primary N) is 1. The monoisotopic (exact) mass is 1370 g/mol. The third-order valence-electron chi connectivity index (χ3n) is 15.7. The fraction of sp³-hybridized carbons (Fsp3) is 0.722. The number of nitrogens with zero attached hydrogens (tertiary/aromatic N) is 7. The van der Waals surface area contributed by atoms with Crippen LogP contribution in [0.3, 0.4) is 0 Å².